The van der Waals surface area contributed by atoms with Crippen molar-refractivity contribution < 1.29 is 8.78 Å². The Balaban J connectivity index is 2.94. The van der Waals surface area contributed by atoms with Crippen LogP contribution in [0.2, 0.25) is 0 Å². The van der Waals surface area contributed by atoms with E-state index in [4.69, 9.17) is 0 Å². The summed E-state index contributed by atoms with van der Waals surface area (Å²) in [4.78, 5) is 3.67. The lowest BCUT2D eigenvalue weighted by Gasteiger charge is -2.10. The Bertz CT molecular complexity index is 277. The van der Waals surface area contributed by atoms with Crippen molar-refractivity contribution in [2.24, 2.45) is 0 Å². The van der Waals surface area contributed by atoms with Gasteiger partial charge in [-0.25, -0.2) is 0 Å². The van der Waals surface area contributed by atoms with E-state index in [2.05, 4.69) is 17.6 Å². The highest BCUT2D eigenvalue weighted by molar-refractivity contribution is 7.80. The Morgan fingerprint density at radius 2 is 2.08 bits per heavy atom. The Kier molecular flexibility index (Phi) is 2.91. The van der Waals surface area contributed by atoms with Crippen LogP contribution in [0.4, 0.5) is 8.78 Å². The highest BCUT2D eigenvalue weighted by Crippen LogP contribution is 2.26. The van der Waals surface area contributed by atoms with Gasteiger partial charge in [0.1, 0.15) is 5.69 Å². The van der Waals surface area contributed by atoms with Gasteiger partial charge in [0.05, 0.1) is 0 Å². The zero-order valence-electron chi connectivity index (χ0n) is 7.46. The number of nitrogens with zero attached hydrogens (tertiary/aromatic N) is 1. The number of hydrogen-bond donors (Lipinski definition) is 1. The molecule has 0 fully saturated rings. The van der Waals surface area contributed by atoms with Crippen LogP contribution in [0.3, 0.4) is 0 Å². The smallest absolute Gasteiger partial charge is 0.255 e. The van der Waals surface area contributed by atoms with Crippen LogP contribution in [0, 0.1) is 0 Å². The van der Waals surface area contributed by atoms with E-state index in [9.17, 15) is 8.78 Å². The van der Waals surface area contributed by atoms with E-state index < -0.39 is 5.92 Å². The first-order chi connectivity index (χ1) is 5.91. The lowest BCUT2D eigenvalue weighted by molar-refractivity contribution is 0.0127. The molecule has 4 heteroatoms. The average molecular weight is 203 g/mol. The zero-order chi connectivity index (χ0) is 10.1. The molecular formula is C9H11F2NS. The second kappa shape index (κ2) is 3.62. The summed E-state index contributed by atoms with van der Waals surface area (Å²) in [6.45, 7) is 2.70. The highest BCUT2D eigenvalue weighted by Gasteiger charge is 2.25. The molecule has 0 amide bonds. The standard InChI is InChI=1S/C9H11F2NS/c1-6(13)7-3-4-8(12-5-7)9(2,10)11/h3-6,13H,1-2H3. The van der Waals surface area contributed by atoms with Crippen molar-refractivity contribution >= 4 is 12.6 Å². The maximum Gasteiger partial charge on any atom is 0.286 e. The Labute approximate surface area is 81.6 Å². The van der Waals surface area contributed by atoms with E-state index in [1.807, 2.05) is 6.92 Å². The van der Waals surface area contributed by atoms with Crippen molar-refractivity contribution in [3.63, 3.8) is 0 Å². The fourth-order valence-electron chi connectivity index (χ4n) is 0.912. The predicted octanol–water partition coefficient (Wildman–Crippen LogP) is 3.18. The van der Waals surface area contributed by atoms with E-state index in [-0.39, 0.29) is 10.9 Å². The first-order valence-corrected chi connectivity index (χ1v) is 4.45. The Hall–Kier alpha value is -0.640. The van der Waals surface area contributed by atoms with E-state index in [1.54, 1.807) is 6.07 Å². The fourth-order valence-corrected chi connectivity index (χ4v) is 1.06. The molecule has 1 unspecified atom stereocenters. The molecule has 0 N–H and O–H groups in total. The molecule has 1 aromatic heterocycles. The minimum Gasteiger partial charge on any atom is -0.255 e. The Morgan fingerprint density at radius 1 is 1.46 bits per heavy atom. The monoisotopic (exact) mass is 203 g/mol. The summed E-state index contributed by atoms with van der Waals surface area (Å²) in [5, 5.41) is 0.0204. The van der Waals surface area contributed by atoms with Gasteiger partial charge in [0, 0.05) is 18.4 Å². The van der Waals surface area contributed by atoms with Crippen LogP contribution < -0.4 is 0 Å². The van der Waals surface area contributed by atoms with E-state index in [1.165, 1.54) is 12.3 Å². The molecule has 1 nitrogen and oxygen atoms in total. The fraction of sp³-hybridized carbons (Fsp3) is 0.444. The topological polar surface area (TPSA) is 12.9 Å². The van der Waals surface area contributed by atoms with Gasteiger partial charge in [-0.2, -0.15) is 21.4 Å². The SMILES string of the molecule is CC(S)c1ccc(C(C)(F)F)nc1. The summed E-state index contributed by atoms with van der Waals surface area (Å²) in [5.74, 6) is -2.86. The number of rotatable bonds is 2. The van der Waals surface area contributed by atoms with Gasteiger partial charge >= 0.3 is 0 Å². The predicted molar refractivity (Wildman–Crippen MR) is 51.2 cm³/mol. The molecule has 1 atom stereocenters. The lowest BCUT2D eigenvalue weighted by atomic mass is 10.2. The molecule has 13 heavy (non-hydrogen) atoms. The number of aromatic nitrogens is 1. The molecule has 0 aliphatic heterocycles. The largest absolute Gasteiger partial charge is 0.286 e. The summed E-state index contributed by atoms with van der Waals surface area (Å²) in [6.07, 6.45) is 1.43. The minimum atomic E-state index is -2.86. The van der Waals surface area contributed by atoms with Crippen LogP contribution in [0.5, 0.6) is 0 Å². The molecule has 0 aliphatic rings. The number of halogens is 2. The molecule has 0 radical (unpaired) electrons. The van der Waals surface area contributed by atoms with Crippen molar-refractivity contribution in [3.05, 3.63) is 29.6 Å². The van der Waals surface area contributed by atoms with E-state index >= 15 is 0 Å². The molecule has 1 rings (SSSR count). The molecule has 0 spiro atoms. The normalized spacial score (nSPS) is 14.2. The zero-order valence-corrected chi connectivity index (χ0v) is 8.35. The third-order valence-electron chi connectivity index (χ3n) is 1.72. The molecular weight excluding hydrogens is 192 g/mol. The number of hydrogen-bond acceptors (Lipinski definition) is 2. The summed E-state index contributed by atoms with van der Waals surface area (Å²) in [7, 11) is 0. The van der Waals surface area contributed by atoms with Crippen molar-refractivity contribution in [2.45, 2.75) is 25.0 Å². The van der Waals surface area contributed by atoms with Crippen LogP contribution in [-0.2, 0) is 5.92 Å². The van der Waals surface area contributed by atoms with Crippen molar-refractivity contribution in [2.75, 3.05) is 0 Å². The van der Waals surface area contributed by atoms with Crippen molar-refractivity contribution in [3.8, 4) is 0 Å². The summed E-state index contributed by atoms with van der Waals surface area (Å²) in [6, 6.07) is 2.96. The van der Waals surface area contributed by atoms with E-state index in [0.717, 1.165) is 12.5 Å². The van der Waals surface area contributed by atoms with Crippen LogP contribution >= 0.6 is 12.6 Å². The van der Waals surface area contributed by atoms with Crippen LogP contribution in [0.25, 0.3) is 0 Å². The van der Waals surface area contributed by atoms with E-state index in [0.29, 0.717) is 0 Å². The molecule has 1 heterocycles. The number of pyridine rings is 1. The summed E-state index contributed by atoms with van der Waals surface area (Å²) < 4.78 is 25.4. The average Bonchev–Trinajstić information content (AvgIpc) is 2.03. The van der Waals surface area contributed by atoms with Crippen molar-refractivity contribution in [1.82, 2.24) is 4.98 Å². The third-order valence-corrected chi connectivity index (χ3v) is 2.02. The number of thiol groups is 1. The first kappa shape index (κ1) is 10.4. The van der Waals surface area contributed by atoms with Crippen LogP contribution in [-0.4, -0.2) is 4.98 Å². The maximum atomic E-state index is 12.7. The van der Waals surface area contributed by atoms with Crippen LogP contribution in [0.1, 0.15) is 30.4 Å². The molecule has 0 bridgehead atoms. The van der Waals surface area contributed by atoms with Gasteiger partial charge in [0.2, 0.25) is 0 Å². The van der Waals surface area contributed by atoms with Crippen molar-refractivity contribution in [1.29, 1.82) is 0 Å². The molecule has 0 saturated heterocycles. The van der Waals surface area contributed by atoms with Gasteiger partial charge in [0.15, 0.2) is 0 Å². The summed E-state index contributed by atoms with van der Waals surface area (Å²) >= 11 is 4.17. The quantitative estimate of drug-likeness (QED) is 0.728. The Morgan fingerprint density at radius 3 is 2.38 bits per heavy atom. The first-order valence-electron chi connectivity index (χ1n) is 3.93. The maximum absolute atomic E-state index is 12.7. The number of alkyl halides is 2. The third kappa shape index (κ3) is 2.66. The minimum absolute atomic E-state index is 0.0204. The highest BCUT2D eigenvalue weighted by atomic mass is 32.1. The van der Waals surface area contributed by atoms with Gasteiger partial charge in [-0.1, -0.05) is 6.07 Å². The molecule has 0 saturated carbocycles. The summed E-state index contributed by atoms with van der Waals surface area (Å²) in [5.41, 5.74) is 0.640. The van der Waals surface area contributed by atoms with Gasteiger partial charge in [-0.3, -0.25) is 4.98 Å². The van der Waals surface area contributed by atoms with Gasteiger partial charge in [-0.15, -0.1) is 0 Å². The molecule has 0 aromatic carbocycles. The van der Waals surface area contributed by atoms with Gasteiger partial charge < -0.3 is 0 Å². The van der Waals surface area contributed by atoms with Crippen LogP contribution in [0.15, 0.2) is 18.3 Å². The lowest BCUT2D eigenvalue weighted by Crippen LogP contribution is -2.09. The van der Waals surface area contributed by atoms with Gasteiger partial charge in [-0.05, 0) is 18.6 Å². The second-order valence-corrected chi connectivity index (χ2v) is 3.82. The molecule has 0 aliphatic carbocycles. The molecule has 1 aromatic rings. The van der Waals surface area contributed by atoms with Gasteiger partial charge in [0.25, 0.3) is 5.92 Å². The molecule has 72 valence electrons. The second-order valence-electron chi connectivity index (χ2n) is 3.04.